The Morgan fingerprint density at radius 2 is 1.89 bits per heavy atom. The number of amides is 1. The molecule has 0 bridgehead atoms. The summed E-state index contributed by atoms with van der Waals surface area (Å²) in [6.07, 6.45) is 2.53. The van der Waals surface area contributed by atoms with Crippen molar-refractivity contribution in [2.75, 3.05) is 0 Å². The first-order valence-corrected chi connectivity index (χ1v) is 6.54. The fraction of sp³-hybridized carbons (Fsp3) is 0.200. The molecule has 1 aromatic carbocycles. The van der Waals surface area contributed by atoms with Crippen molar-refractivity contribution in [1.82, 2.24) is 10.3 Å². The molecule has 0 aliphatic rings. The third-order valence-corrected chi connectivity index (χ3v) is 3.07. The molecule has 1 amide bonds. The van der Waals surface area contributed by atoms with Gasteiger partial charge in [-0.25, -0.2) is 0 Å². The maximum Gasteiger partial charge on any atom is 0.270 e. The largest absolute Gasteiger partial charge is 0.347 e. The summed E-state index contributed by atoms with van der Waals surface area (Å²) >= 11 is 5.82. The number of nitrogens with zero attached hydrogens (tertiary/aromatic N) is 1. The Labute approximate surface area is 117 Å². The molecule has 0 radical (unpaired) electrons. The standard InChI is InChI=1S/C15H15ClN2O/c1-2-11-3-5-12(6-4-11)10-18-15(19)14-9-13(16)7-8-17-14/h3-9H,2,10H2,1H3,(H,18,19). The van der Waals surface area contributed by atoms with Crippen molar-refractivity contribution in [2.45, 2.75) is 19.9 Å². The van der Waals surface area contributed by atoms with Crippen LogP contribution in [0.4, 0.5) is 0 Å². The summed E-state index contributed by atoms with van der Waals surface area (Å²) in [6.45, 7) is 2.60. The summed E-state index contributed by atoms with van der Waals surface area (Å²) in [5.41, 5.74) is 2.68. The van der Waals surface area contributed by atoms with Crippen molar-refractivity contribution in [2.24, 2.45) is 0 Å². The zero-order valence-electron chi connectivity index (χ0n) is 10.7. The lowest BCUT2D eigenvalue weighted by Gasteiger charge is -2.06. The molecule has 19 heavy (non-hydrogen) atoms. The zero-order chi connectivity index (χ0) is 13.7. The molecule has 0 saturated heterocycles. The Morgan fingerprint density at radius 3 is 2.53 bits per heavy atom. The number of rotatable bonds is 4. The second-order valence-corrected chi connectivity index (χ2v) is 4.65. The van der Waals surface area contributed by atoms with Crippen LogP contribution in [0.25, 0.3) is 0 Å². The van der Waals surface area contributed by atoms with Crippen LogP contribution in [0.2, 0.25) is 5.02 Å². The molecule has 2 rings (SSSR count). The second kappa shape index (κ2) is 6.34. The number of hydrogen-bond acceptors (Lipinski definition) is 2. The lowest BCUT2D eigenvalue weighted by Crippen LogP contribution is -2.23. The molecule has 0 spiro atoms. The highest BCUT2D eigenvalue weighted by Crippen LogP contribution is 2.08. The fourth-order valence-electron chi connectivity index (χ4n) is 1.69. The number of carbonyl (C=O) groups excluding carboxylic acids is 1. The van der Waals surface area contributed by atoms with Gasteiger partial charge in [-0.3, -0.25) is 9.78 Å². The molecule has 98 valence electrons. The Hall–Kier alpha value is -1.87. The average molecular weight is 275 g/mol. The van der Waals surface area contributed by atoms with E-state index in [-0.39, 0.29) is 5.91 Å². The SMILES string of the molecule is CCc1ccc(CNC(=O)c2cc(Cl)ccn2)cc1. The average Bonchev–Trinajstić information content (AvgIpc) is 2.45. The molecule has 0 unspecified atom stereocenters. The summed E-state index contributed by atoms with van der Waals surface area (Å²) in [5.74, 6) is -0.220. The highest BCUT2D eigenvalue weighted by Gasteiger charge is 2.06. The van der Waals surface area contributed by atoms with Gasteiger partial charge < -0.3 is 5.32 Å². The number of nitrogens with one attached hydrogen (secondary N) is 1. The van der Waals surface area contributed by atoms with Gasteiger partial charge in [0, 0.05) is 17.8 Å². The first-order chi connectivity index (χ1) is 9.19. The van der Waals surface area contributed by atoms with Gasteiger partial charge in [-0.2, -0.15) is 0 Å². The van der Waals surface area contributed by atoms with E-state index in [9.17, 15) is 4.79 Å². The molecule has 1 aromatic heterocycles. The maximum atomic E-state index is 11.9. The number of pyridine rings is 1. The highest BCUT2D eigenvalue weighted by molar-refractivity contribution is 6.30. The van der Waals surface area contributed by atoms with Gasteiger partial charge in [0.25, 0.3) is 5.91 Å². The summed E-state index contributed by atoms with van der Waals surface area (Å²) < 4.78 is 0. The smallest absolute Gasteiger partial charge is 0.270 e. The van der Waals surface area contributed by atoms with E-state index >= 15 is 0 Å². The van der Waals surface area contributed by atoms with Crippen molar-refractivity contribution in [3.63, 3.8) is 0 Å². The lowest BCUT2D eigenvalue weighted by atomic mass is 10.1. The molecule has 1 heterocycles. The normalized spacial score (nSPS) is 10.2. The van der Waals surface area contributed by atoms with Gasteiger partial charge in [-0.1, -0.05) is 42.8 Å². The van der Waals surface area contributed by atoms with E-state index in [1.54, 1.807) is 12.1 Å². The molecule has 1 N–H and O–H groups in total. The summed E-state index contributed by atoms with van der Waals surface area (Å²) in [6, 6.07) is 11.4. The molecule has 4 heteroatoms. The highest BCUT2D eigenvalue weighted by atomic mass is 35.5. The third kappa shape index (κ3) is 3.80. The van der Waals surface area contributed by atoms with E-state index in [2.05, 4.69) is 29.4 Å². The molecule has 0 aliphatic carbocycles. The summed E-state index contributed by atoms with van der Waals surface area (Å²) in [7, 11) is 0. The van der Waals surface area contributed by atoms with Gasteiger partial charge in [-0.15, -0.1) is 0 Å². The minimum absolute atomic E-state index is 0.220. The molecule has 2 aromatic rings. The van der Waals surface area contributed by atoms with Crippen LogP contribution in [0.15, 0.2) is 42.6 Å². The van der Waals surface area contributed by atoms with E-state index in [0.717, 1.165) is 12.0 Å². The van der Waals surface area contributed by atoms with Gasteiger partial charge in [-0.05, 0) is 29.7 Å². The minimum atomic E-state index is -0.220. The van der Waals surface area contributed by atoms with Crippen molar-refractivity contribution >= 4 is 17.5 Å². The van der Waals surface area contributed by atoms with E-state index in [0.29, 0.717) is 17.3 Å². The van der Waals surface area contributed by atoms with Gasteiger partial charge in [0.2, 0.25) is 0 Å². The van der Waals surface area contributed by atoms with Crippen LogP contribution < -0.4 is 5.32 Å². The number of hydrogen-bond donors (Lipinski definition) is 1. The Bertz CT molecular complexity index is 567. The topological polar surface area (TPSA) is 42.0 Å². The van der Waals surface area contributed by atoms with Gasteiger partial charge in [0.1, 0.15) is 5.69 Å². The number of carbonyl (C=O) groups is 1. The van der Waals surface area contributed by atoms with E-state index in [4.69, 9.17) is 11.6 Å². The Balaban J connectivity index is 1.96. The van der Waals surface area contributed by atoms with Gasteiger partial charge >= 0.3 is 0 Å². The maximum absolute atomic E-state index is 11.9. The monoisotopic (exact) mass is 274 g/mol. The predicted octanol–water partition coefficient (Wildman–Crippen LogP) is 3.23. The first-order valence-electron chi connectivity index (χ1n) is 6.16. The molecule has 0 aliphatic heterocycles. The van der Waals surface area contributed by atoms with Crippen LogP contribution in [0.1, 0.15) is 28.5 Å². The van der Waals surface area contributed by atoms with E-state index < -0.39 is 0 Å². The van der Waals surface area contributed by atoms with Crippen molar-refractivity contribution in [1.29, 1.82) is 0 Å². The van der Waals surface area contributed by atoms with Crippen molar-refractivity contribution < 1.29 is 4.79 Å². The molecule has 0 atom stereocenters. The molecule has 3 nitrogen and oxygen atoms in total. The van der Waals surface area contributed by atoms with Gasteiger partial charge in [0.15, 0.2) is 0 Å². The van der Waals surface area contributed by atoms with E-state index in [1.165, 1.54) is 11.8 Å². The number of benzene rings is 1. The number of aromatic nitrogens is 1. The number of halogens is 1. The minimum Gasteiger partial charge on any atom is -0.347 e. The zero-order valence-corrected chi connectivity index (χ0v) is 11.4. The van der Waals surface area contributed by atoms with E-state index in [1.807, 2.05) is 12.1 Å². The Morgan fingerprint density at radius 1 is 1.21 bits per heavy atom. The lowest BCUT2D eigenvalue weighted by molar-refractivity contribution is 0.0946. The summed E-state index contributed by atoms with van der Waals surface area (Å²) in [5, 5.41) is 3.33. The van der Waals surface area contributed by atoms with Crippen LogP contribution in [0, 0.1) is 0 Å². The molecular formula is C15H15ClN2O. The molecule has 0 fully saturated rings. The van der Waals surface area contributed by atoms with Crippen LogP contribution >= 0.6 is 11.6 Å². The quantitative estimate of drug-likeness (QED) is 0.930. The molecule has 0 saturated carbocycles. The Kier molecular flexibility index (Phi) is 4.53. The van der Waals surface area contributed by atoms with Crippen LogP contribution in [0.3, 0.4) is 0 Å². The molecular weight excluding hydrogens is 260 g/mol. The third-order valence-electron chi connectivity index (χ3n) is 2.84. The summed E-state index contributed by atoms with van der Waals surface area (Å²) in [4.78, 5) is 15.8. The van der Waals surface area contributed by atoms with Crippen molar-refractivity contribution in [3.05, 3.63) is 64.4 Å². The van der Waals surface area contributed by atoms with Crippen LogP contribution in [-0.4, -0.2) is 10.9 Å². The first kappa shape index (κ1) is 13.6. The van der Waals surface area contributed by atoms with Crippen LogP contribution in [0.5, 0.6) is 0 Å². The number of aryl methyl sites for hydroxylation is 1. The van der Waals surface area contributed by atoms with Gasteiger partial charge in [0.05, 0.1) is 0 Å². The predicted molar refractivity (Wildman–Crippen MR) is 76.2 cm³/mol. The second-order valence-electron chi connectivity index (χ2n) is 4.21. The van der Waals surface area contributed by atoms with Crippen LogP contribution in [-0.2, 0) is 13.0 Å². The fourth-order valence-corrected chi connectivity index (χ4v) is 1.85. The van der Waals surface area contributed by atoms with Crippen molar-refractivity contribution in [3.8, 4) is 0 Å².